The van der Waals surface area contributed by atoms with Crippen LogP contribution in [0.5, 0.6) is 0 Å². The van der Waals surface area contributed by atoms with Crippen LogP contribution < -0.4 is 5.32 Å². The Hall–Kier alpha value is -0.500. The van der Waals surface area contributed by atoms with Gasteiger partial charge < -0.3 is 5.32 Å². The Balaban J connectivity index is 2.56. The maximum absolute atomic E-state index is 3.60. The highest BCUT2D eigenvalue weighted by atomic mass is 79.9. The second-order valence-corrected chi connectivity index (χ2v) is 5.42. The molecule has 0 aromatic heterocycles. The van der Waals surface area contributed by atoms with Gasteiger partial charge in [-0.25, -0.2) is 0 Å². The molecule has 1 aromatic rings. The van der Waals surface area contributed by atoms with Crippen molar-refractivity contribution in [1.82, 2.24) is 0 Å². The normalized spacial score (nSPS) is 14.5. The monoisotopic (exact) mass is 283 g/mol. The Morgan fingerprint density at radius 3 is 2.56 bits per heavy atom. The third-order valence-corrected chi connectivity index (χ3v) is 3.57. The van der Waals surface area contributed by atoms with Crippen molar-refractivity contribution in [3.05, 3.63) is 28.7 Å². The van der Waals surface area contributed by atoms with E-state index in [-0.39, 0.29) is 0 Å². The lowest BCUT2D eigenvalue weighted by Gasteiger charge is -2.21. The van der Waals surface area contributed by atoms with Gasteiger partial charge in [0.1, 0.15) is 0 Å². The molecule has 2 unspecified atom stereocenters. The zero-order chi connectivity index (χ0) is 12.0. The number of hydrogen-bond donors (Lipinski definition) is 1. The quantitative estimate of drug-likeness (QED) is 0.768. The van der Waals surface area contributed by atoms with Crippen LogP contribution in [0, 0.1) is 5.92 Å². The Kier molecular flexibility index (Phi) is 5.89. The Labute approximate surface area is 108 Å². The molecule has 0 heterocycles. The molecule has 0 aliphatic carbocycles. The highest BCUT2D eigenvalue weighted by Gasteiger charge is 2.10. The van der Waals surface area contributed by atoms with Crippen LogP contribution in [0.2, 0.25) is 0 Å². The molecule has 16 heavy (non-hydrogen) atoms. The van der Waals surface area contributed by atoms with Gasteiger partial charge in [-0.2, -0.15) is 0 Å². The fourth-order valence-corrected chi connectivity index (χ4v) is 2.19. The van der Waals surface area contributed by atoms with Gasteiger partial charge in [-0.3, -0.25) is 0 Å². The first-order valence-electron chi connectivity index (χ1n) is 6.17. The molecule has 1 aromatic carbocycles. The van der Waals surface area contributed by atoms with Crippen LogP contribution in [0.4, 0.5) is 5.69 Å². The summed E-state index contributed by atoms with van der Waals surface area (Å²) in [5.41, 5.74) is 1.21. The number of nitrogens with one attached hydrogen (secondary N) is 1. The van der Waals surface area contributed by atoms with Crippen LogP contribution in [0.15, 0.2) is 28.7 Å². The number of hydrogen-bond acceptors (Lipinski definition) is 1. The fraction of sp³-hybridized carbons (Fsp3) is 0.571. The van der Waals surface area contributed by atoms with Crippen LogP contribution in [0.25, 0.3) is 0 Å². The molecule has 0 bridgehead atoms. The summed E-state index contributed by atoms with van der Waals surface area (Å²) in [5.74, 6) is 0.796. The first kappa shape index (κ1) is 13.6. The Morgan fingerprint density at radius 2 is 2.00 bits per heavy atom. The van der Waals surface area contributed by atoms with E-state index < -0.39 is 0 Å². The highest BCUT2D eigenvalue weighted by Crippen LogP contribution is 2.20. The van der Waals surface area contributed by atoms with Crippen LogP contribution >= 0.6 is 15.9 Å². The molecule has 1 nitrogen and oxygen atoms in total. The van der Waals surface area contributed by atoms with Crippen LogP contribution in [-0.2, 0) is 0 Å². The van der Waals surface area contributed by atoms with E-state index >= 15 is 0 Å². The molecule has 2 heteroatoms. The number of halogens is 1. The number of rotatable bonds is 6. The number of benzene rings is 1. The minimum atomic E-state index is 0.587. The third kappa shape index (κ3) is 4.56. The molecule has 0 saturated heterocycles. The molecular weight excluding hydrogens is 262 g/mol. The largest absolute Gasteiger partial charge is 0.382 e. The van der Waals surface area contributed by atoms with E-state index in [1.165, 1.54) is 24.9 Å². The van der Waals surface area contributed by atoms with E-state index in [1.54, 1.807) is 0 Å². The second kappa shape index (κ2) is 6.95. The predicted octanol–water partition coefficient (Wildman–Crippen LogP) is 5.08. The van der Waals surface area contributed by atoms with Crippen molar-refractivity contribution in [2.75, 3.05) is 5.32 Å². The minimum absolute atomic E-state index is 0.587. The molecule has 0 amide bonds. The van der Waals surface area contributed by atoms with E-state index in [4.69, 9.17) is 0 Å². The molecule has 0 saturated carbocycles. The van der Waals surface area contributed by atoms with Crippen LogP contribution in [-0.4, -0.2) is 6.04 Å². The van der Waals surface area contributed by atoms with Gasteiger partial charge in [0, 0.05) is 16.2 Å². The molecule has 1 N–H and O–H groups in total. The van der Waals surface area contributed by atoms with Crippen molar-refractivity contribution in [2.45, 2.75) is 46.1 Å². The summed E-state index contributed by atoms with van der Waals surface area (Å²) in [7, 11) is 0. The Bertz CT molecular complexity index is 311. The van der Waals surface area contributed by atoms with Gasteiger partial charge in [0.25, 0.3) is 0 Å². The molecule has 0 aliphatic heterocycles. The second-order valence-electron chi connectivity index (χ2n) is 4.51. The summed E-state index contributed by atoms with van der Waals surface area (Å²) >= 11 is 3.50. The SMILES string of the molecule is CCC(C)CC(CC)Nc1cccc(Br)c1. The van der Waals surface area contributed by atoms with Gasteiger partial charge in [0.05, 0.1) is 0 Å². The van der Waals surface area contributed by atoms with Gasteiger partial charge in [-0.05, 0) is 37.0 Å². The van der Waals surface area contributed by atoms with E-state index in [9.17, 15) is 0 Å². The molecule has 2 atom stereocenters. The summed E-state index contributed by atoms with van der Waals surface area (Å²) in [6.45, 7) is 6.83. The van der Waals surface area contributed by atoms with Gasteiger partial charge in [0.15, 0.2) is 0 Å². The summed E-state index contributed by atoms with van der Waals surface area (Å²) in [4.78, 5) is 0. The Morgan fingerprint density at radius 1 is 1.25 bits per heavy atom. The standard InChI is InChI=1S/C14H22BrN/c1-4-11(3)9-13(5-2)16-14-8-6-7-12(15)10-14/h6-8,10-11,13,16H,4-5,9H2,1-3H3. The maximum atomic E-state index is 3.60. The molecule has 90 valence electrons. The molecule has 0 fully saturated rings. The van der Waals surface area contributed by atoms with E-state index in [0.717, 1.165) is 10.4 Å². The topological polar surface area (TPSA) is 12.0 Å². The molecule has 0 spiro atoms. The van der Waals surface area contributed by atoms with Crippen molar-refractivity contribution >= 4 is 21.6 Å². The van der Waals surface area contributed by atoms with Crippen molar-refractivity contribution < 1.29 is 0 Å². The van der Waals surface area contributed by atoms with E-state index in [0.29, 0.717) is 6.04 Å². The van der Waals surface area contributed by atoms with Gasteiger partial charge in [-0.1, -0.05) is 49.2 Å². The lowest BCUT2D eigenvalue weighted by molar-refractivity contribution is 0.462. The van der Waals surface area contributed by atoms with Crippen LogP contribution in [0.1, 0.15) is 40.0 Å². The maximum Gasteiger partial charge on any atom is 0.0353 e. The van der Waals surface area contributed by atoms with Crippen LogP contribution in [0.3, 0.4) is 0 Å². The third-order valence-electron chi connectivity index (χ3n) is 3.07. The van der Waals surface area contributed by atoms with Crippen molar-refractivity contribution in [1.29, 1.82) is 0 Å². The lowest BCUT2D eigenvalue weighted by atomic mass is 9.97. The lowest BCUT2D eigenvalue weighted by Crippen LogP contribution is -2.21. The smallest absolute Gasteiger partial charge is 0.0353 e. The molecule has 0 aliphatic rings. The average molecular weight is 284 g/mol. The first-order valence-corrected chi connectivity index (χ1v) is 6.97. The van der Waals surface area contributed by atoms with Crippen molar-refractivity contribution in [2.24, 2.45) is 5.92 Å². The van der Waals surface area contributed by atoms with Gasteiger partial charge >= 0.3 is 0 Å². The highest BCUT2D eigenvalue weighted by molar-refractivity contribution is 9.10. The first-order chi connectivity index (χ1) is 7.65. The van der Waals surface area contributed by atoms with Crippen molar-refractivity contribution in [3.8, 4) is 0 Å². The minimum Gasteiger partial charge on any atom is -0.382 e. The molecule has 0 radical (unpaired) electrons. The van der Waals surface area contributed by atoms with Gasteiger partial charge in [-0.15, -0.1) is 0 Å². The average Bonchev–Trinajstić information content (AvgIpc) is 2.28. The summed E-state index contributed by atoms with van der Waals surface area (Å²) < 4.78 is 1.14. The fourth-order valence-electron chi connectivity index (χ4n) is 1.79. The molecular formula is C14H22BrN. The van der Waals surface area contributed by atoms with Crippen molar-refractivity contribution in [3.63, 3.8) is 0 Å². The number of anilines is 1. The summed E-state index contributed by atoms with van der Waals surface area (Å²) in [5, 5.41) is 3.60. The van der Waals surface area contributed by atoms with E-state index in [2.05, 4.69) is 66.3 Å². The predicted molar refractivity (Wildman–Crippen MR) is 75.9 cm³/mol. The molecule has 1 rings (SSSR count). The summed E-state index contributed by atoms with van der Waals surface area (Å²) in [6, 6.07) is 8.98. The van der Waals surface area contributed by atoms with E-state index in [1.807, 2.05) is 0 Å². The zero-order valence-corrected chi connectivity index (χ0v) is 12.0. The van der Waals surface area contributed by atoms with Gasteiger partial charge in [0.2, 0.25) is 0 Å². The summed E-state index contributed by atoms with van der Waals surface area (Å²) in [6.07, 6.45) is 3.69. The zero-order valence-electron chi connectivity index (χ0n) is 10.5.